The molecule has 0 radical (unpaired) electrons. The van der Waals surface area contributed by atoms with Gasteiger partial charge in [-0.05, 0) is 52.6 Å². The summed E-state index contributed by atoms with van der Waals surface area (Å²) in [5, 5.41) is 0. The van der Waals surface area contributed by atoms with Crippen LogP contribution in [0.15, 0.2) is 0 Å². The van der Waals surface area contributed by atoms with Gasteiger partial charge in [0.15, 0.2) is 0 Å². The van der Waals surface area contributed by atoms with Crippen molar-refractivity contribution in [1.29, 1.82) is 0 Å². The van der Waals surface area contributed by atoms with Crippen molar-refractivity contribution >= 4 is 0 Å². The molecule has 1 heterocycles. The Balaban J connectivity index is 1.94. The quantitative estimate of drug-likeness (QED) is 0.608. The number of nitrogens with zero attached hydrogens (tertiary/aromatic N) is 1. The Hall–Kier alpha value is -0.0800. The first-order valence-corrected chi connectivity index (χ1v) is 5.48. The predicted molar refractivity (Wildman–Crippen MR) is 55.9 cm³/mol. The second kappa shape index (κ2) is 5.61. The van der Waals surface area contributed by atoms with Gasteiger partial charge in [0, 0.05) is 13.2 Å². The van der Waals surface area contributed by atoms with E-state index in [0.29, 0.717) is 6.10 Å². The standard InChI is InChI=1S/C11H23NO/c1-10(2)13-8-4-5-11-6-7-12(3)9-11/h10-11H,4-9H2,1-3H3/t11-/m0/s1. The van der Waals surface area contributed by atoms with E-state index >= 15 is 0 Å². The monoisotopic (exact) mass is 185 g/mol. The van der Waals surface area contributed by atoms with Crippen LogP contribution in [-0.2, 0) is 4.74 Å². The fourth-order valence-corrected chi connectivity index (χ4v) is 1.95. The molecule has 1 rings (SSSR count). The zero-order valence-electron chi connectivity index (χ0n) is 9.25. The molecule has 0 aromatic rings. The summed E-state index contributed by atoms with van der Waals surface area (Å²) in [5.74, 6) is 0.931. The molecule has 0 aliphatic carbocycles. The van der Waals surface area contributed by atoms with Crippen molar-refractivity contribution in [2.24, 2.45) is 5.92 Å². The molecule has 1 saturated heterocycles. The lowest BCUT2D eigenvalue weighted by Crippen LogP contribution is -2.14. The highest BCUT2D eigenvalue weighted by Crippen LogP contribution is 2.19. The van der Waals surface area contributed by atoms with Crippen molar-refractivity contribution in [2.75, 3.05) is 26.7 Å². The van der Waals surface area contributed by atoms with Gasteiger partial charge in [-0.25, -0.2) is 0 Å². The van der Waals surface area contributed by atoms with Gasteiger partial charge in [-0.1, -0.05) is 0 Å². The molecular weight excluding hydrogens is 162 g/mol. The van der Waals surface area contributed by atoms with Crippen LogP contribution in [0.2, 0.25) is 0 Å². The number of likely N-dealkylation sites (tertiary alicyclic amines) is 1. The molecule has 0 unspecified atom stereocenters. The van der Waals surface area contributed by atoms with Crippen molar-refractivity contribution in [2.45, 2.75) is 39.2 Å². The number of ether oxygens (including phenoxy) is 1. The molecule has 0 spiro atoms. The first-order valence-electron chi connectivity index (χ1n) is 5.48. The van der Waals surface area contributed by atoms with Crippen LogP contribution >= 0.6 is 0 Å². The lowest BCUT2D eigenvalue weighted by Gasteiger charge is -2.11. The maximum atomic E-state index is 5.51. The average Bonchev–Trinajstić information content (AvgIpc) is 2.45. The van der Waals surface area contributed by atoms with E-state index in [1.54, 1.807) is 0 Å². The topological polar surface area (TPSA) is 12.5 Å². The predicted octanol–water partition coefficient (Wildman–Crippen LogP) is 2.14. The molecule has 0 aromatic heterocycles. The van der Waals surface area contributed by atoms with Crippen molar-refractivity contribution in [3.05, 3.63) is 0 Å². The second-order valence-electron chi connectivity index (χ2n) is 4.48. The van der Waals surface area contributed by atoms with E-state index in [1.165, 1.54) is 32.4 Å². The van der Waals surface area contributed by atoms with Gasteiger partial charge < -0.3 is 9.64 Å². The van der Waals surface area contributed by atoms with Crippen LogP contribution < -0.4 is 0 Å². The van der Waals surface area contributed by atoms with Gasteiger partial charge in [0.05, 0.1) is 6.10 Å². The third kappa shape index (κ3) is 4.63. The summed E-state index contributed by atoms with van der Waals surface area (Å²) in [6.07, 6.45) is 4.36. The van der Waals surface area contributed by atoms with E-state index in [-0.39, 0.29) is 0 Å². The van der Waals surface area contributed by atoms with Gasteiger partial charge in [0.2, 0.25) is 0 Å². The fraction of sp³-hybridized carbons (Fsp3) is 1.00. The molecule has 2 nitrogen and oxygen atoms in total. The van der Waals surface area contributed by atoms with E-state index in [9.17, 15) is 0 Å². The molecule has 0 N–H and O–H groups in total. The number of hydrogen-bond donors (Lipinski definition) is 0. The Morgan fingerprint density at radius 3 is 2.77 bits per heavy atom. The van der Waals surface area contributed by atoms with Crippen LogP contribution in [-0.4, -0.2) is 37.7 Å². The molecule has 0 saturated carbocycles. The molecule has 1 aliphatic heterocycles. The molecule has 0 aromatic carbocycles. The van der Waals surface area contributed by atoms with Gasteiger partial charge >= 0.3 is 0 Å². The maximum absolute atomic E-state index is 5.51. The lowest BCUT2D eigenvalue weighted by molar-refractivity contribution is 0.0738. The molecule has 1 aliphatic rings. The van der Waals surface area contributed by atoms with E-state index < -0.39 is 0 Å². The van der Waals surface area contributed by atoms with Gasteiger partial charge in [-0.3, -0.25) is 0 Å². The van der Waals surface area contributed by atoms with Crippen LogP contribution in [0, 0.1) is 5.92 Å². The first kappa shape index (κ1) is 11.0. The highest BCUT2D eigenvalue weighted by Gasteiger charge is 2.18. The zero-order valence-corrected chi connectivity index (χ0v) is 9.25. The van der Waals surface area contributed by atoms with Crippen LogP contribution in [0.1, 0.15) is 33.1 Å². The summed E-state index contributed by atoms with van der Waals surface area (Å²) < 4.78 is 5.51. The highest BCUT2D eigenvalue weighted by molar-refractivity contribution is 4.72. The first-order chi connectivity index (χ1) is 6.18. The highest BCUT2D eigenvalue weighted by atomic mass is 16.5. The summed E-state index contributed by atoms with van der Waals surface area (Å²) in [4.78, 5) is 2.42. The Morgan fingerprint density at radius 1 is 1.46 bits per heavy atom. The number of hydrogen-bond acceptors (Lipinski definition) is 2. The third-order valence-corrected chi connectivity index (χ3v) is 2.70. The summed E-state index contributed by atoms with van der Waals surface area (Å²) in [5.41, 5.74) is 0. The minimum absolute atomic E-state index is 0.395. The molecule has 1 atom stereocenters. The minimum Gasteiger partial charge on any atom is -0.379 e. The molecule has 13 heavy (non-hydrogen) atoms. The Labute approximate surface area is 82.3 Å². The lowest BCUT2D eigenvalue weighted by atomic mass is 10.0. The van der Waals surface area contributed by atoms with Crippen molar-refractivity contribution in [3.63, 3.8) is 0 Å². The van der Waals surface area contributed by atoms with Crippen molar-refractivity contribution in [3.8, 4) is 0 Å². The average molecular weight is 185 g/mol. The normalized spacial score (nSPS) is 24.5. The van der Waals surface area contributed by atoms with Crippen molar-refractivity contribution in [1.82, 2.24) is 4.90 Å². The smallest absolute Gasteiger partial charge is 0.0518 e. The van der Waals surface area contributed by atoms with E-state index in [4.69, 9.17) is 4.74 Å². The number of rotatable bonds is 5. The molecule has 0 amide bonds. The van der Waals surface area contributed by atoms with Crippen LogP contribution in [0.5, 0.6) is 0 Å². The summed E-state index contributed by atoms with van der Waals surface area (Å²) in [6, 6.07) is 0. The third-order valence-electron chi connectivity index (χ3n) is 2.70. The largest absolute Gasteiger partial charge is 0.379 e. The second-order valence-corrected chi connectivity index (χ2v) is 4.48. The summed E-state index contributed by atoms with van der Waals surface area (Å²) >= 11 is 0. The van der Waals surface area contributed by atoms with E-state index in [1.807, 2.05) is 0 Å². The van der Waals surface area contributed by atoms with Crippen LogP contribution in [0.4, 0.5) is 0 Å². The zero-order chi connectivity index (χ0) is 9.68. The van der Waals surface area contributed by atoms with E-state index in [0.717, 1.165) is 12.5 Å². The van der Waals surface area contributed by atoms with E-state index in [2.05, 4.69) is 25.8 Å². The maximum Gasteiger partial charge on any atom is 0.0518 e. The fourth-order valence-electron chi connectivity index (χ4n) is 1.95. The Kier molecular flexibility index (Phi) is 4.74. The molecule has 78 valence electrons. The summed E-state index contributed by atoms with van der Waals surface area (Å²) in [7, 11) is 2.21. The van der Waals surface area contributed by atoms with Crippen LogP contribution in [0.3, 0.4) is 0 Å². The van der Waals surface area contributed by atoms with Gasteiger partial charge in [0.1, 0.15) is 0 Å². The minimum atomic E-state index is 0.395. The van der Waals surface area contributed by atoms with Gasteiger partial charge in [0.25, 0.3) is 0 Å². The van der Waals surface area contributed by atoms with Gasteiger partial charge in [-0.15, -0.1) is 0 Å². The summed E-state index contributed by atoms with van der Waals surface area (Å²) in [6.45, 7) is 7.72. The Bertz CT molecular complexity index is 136. The molecule has 2 heteroatoms. The molecule has 1 fully saturated rings. The SMILES string of the molecule is CC(C)OCCC[C@H]1CCN(C)C1. The van der Waals surface area contributed by atoms with Crippen LogP contribution in [0.25, 0.3) is 0 Å². The Morgan fingerprint density at radius 2 is 2.23 bits per heavy atom. The van der Waals surface area contributed by atoms with Gasteiger partial charge in [-0.2, -0.15) is 0 Å². The molecule has 0 bridgehead atoms. The molecular formula is C11H23NO. The van der Waals surface area contributed by atoms with Crippen molar-refractivity contribution < 1.29 is 4.74 Å².